The average molecular weight is 323 g/mol. The topological polar surface area (TPSA) is 49.0 Å². The highest BCUT2D eigenvalue weighted by molar-refractivity contribution is 5.78. The minimum atomic E-state index is -0.214. The quantitative estimate of drug-likeness (QED) is 0.805. The molecule has 1 aromatic heterocycles. The Bertz CT molecular complexity index is 937. The van der Waals surface area contributed by atoms with Crippen LogP contribution in [0.3, 0.4) is 0 Å². The van der Waals surface area contributed by atoms with Gasteiger partial charge in [0.15, 0.2) is 0 Å². The summed E-state index contributed by atoms with van der Waals surface area (Å²) in [4.78, 5) is 22.0. The first-order valence-corrected chi connectivity index (χ1v) is 8.21. The highest BCUT2D eigenvalue weighted by Gasteiger charge is 2.27. The van der Waals surface area contributed by atoms with E-state index in [9.17, 15) is 9.18 Å². The molecule has 1 unspecified atom stereocenters. The van der Waals surface area contributed by atoms with E-state index in [0.29, 0.717) is 16.9 Å². The monoisotopic (exact) mass is 323 g/mol. The van der Waals surface area contributed by atoms with Crippen LogP contribution in [0.2, 0.25) is 0 Å². The molecular weight excluding hydrogens is 305 g/mol. The van der Waals surface area contributed by atoms with Crippen molar-refractivity contribution in [2.24, 2.45) is 0 Å². The number of aromatic amines is 1. The van der Waals surface area contributed by atoms with Crippen LogP contribution in [0.25, 0.3) is 10.9 Å². The number of anilines is 1. The number of hydrogen-bond donors (Lipinski definition) is 1. The van der Waals surface area contributed by atoms with Crippen LogP contribution in [-0.4, -0.2) is 22.6 Å². The molecule has 2 aromatic carbocycles. The molecule has 0 aliphatic carbocycles. The first-order valence-electron chi connectivity index (χ1n) is 8.21. The fourth-order valence-corrected chi connectivity index (χ4v) is 3.47. The average Bonchev–Trinajstić information content (AvgIpc) is 3.03. The van der Waals surface area contributed by atoms with Gasteiger partial charge in [0.05, 0.1) is 10.9 Å². The van der Waals surface area contributed by atoms with Gasteiger partial charge in [0.1, 0.15) is 5.82 Å². The molecule has 3 aromatic rings. The summed E-state index contributed by atoms with van der Waals surface area (Å²) in [7, 11) is 0. The summed E-state index contributed by atoms with van der Waals surface area (Å²) in [5, 5.41) is 0.599. The number of aromatic nitrogens is 2. The standard InChI is InChI=1S/C19H18FN3O/c20-14-6-3-5-13(11-14)12-15-7-4-10-23(15)19-21-17-9-2-1-8-16(17)18(24)22-19/h1-3,5-6,8-9,11,15H,4,7,10,12H2,(H,21,22,24). The Labute approximate surface area is 139 Å². The van der Waals surface area contributed by atoms with E-state index in [2.05, 4.69) is 14.9 Å². The highest BCUT2D eigenvalue weighted by Crippen LogP contribution is 2.25. The van der Waals surface area contributed by atoms with E-state index < -0.39 is 0 Å². The molecule has 1 fully saturated rings. The molecule has 1 aliphatic rings. The maximum absolute atomic E-state index is 13.4. The molecule has 0 spiro atoms. The van der Waals surface area contributed by atoms with Gasteiger partial charge in [0.2, 0.25) is 5.95 Å². The lowest BCUT2D eigenvalue weighted by atomic mass is 10.0. The fraction of sp³-hybridized carbons (Fsp3) is 0.263. The van der Waals surface area contributed by atoms with Crippen LogP contribution in [0, 0.1) is 5.82 Å². The number of rotatable bonds is 3. The molecule has 2 heterocycles. The predicted octanol–water partition coefficient (Wildman–Crippen LogP) is 3.27. The van der Waals surface area contributed by atoms with Gasteiger partial charge in [-0.1, -0.05) is 24.3 Å². The largest absolute Gasteiger partial charge is 0.339 e. The molecule has 4 rings (SSSR count). The van der Waals surface area contributed by atoms with Crippen molar-refractivity contribution in [3.8, 4) is 0 Å². The van der Waals surface area contributed by atoms with Crippen LogP contribution >= 0.6 is 0 Å². The van der Waals surface area contributed by atoms with Crippen molar-refractivity contribution in [1.82, 2.24) is 9.97 Å². The third kappa shape index (κ3) is 2.77. The lowest BCUT2D eigenvalue weighted by molar-refractivity contribution is 0.616. The number of para-hydroxylation sites is 1. The van der Waals surface area contributed by atoms with Crippen LogP contribution in [0.1, 0.15) is 18.4 Å². The molecule has 0 saturated carbocycles. The van der Waals surface area contributed by atoms with Gasteiger partial charge < -0.3 is 4.90 Å². The molecule has 1 aliphatic heterocycles. The van der Waals surface area contributed by atoms with Crippen molar-refractivity contribution < 1.29 is 4.39 Å². The van der Waals surface area contributed by atoms with E-state index in [-0.39, 0.29) is 17.4 Å². The Hall–Kier alpha value is -2.69. The third-order valence-electron chi connectivity index (χ3n) is 4.61. The third-order valence-corrected chi connectivity index (χ3v) is 4.61. The summed E-state index contributed by atoms with van der Waals surface area (Å²) in [5.41, 5.74) is 1.55. The van der Waals surface area contributed by atoms with Crippen molar-refractivity contribution in [2.45, 2.75) is 25.3 Å². The lowest BCUT2D eigenvalue weighted by Gasteiger charge is -2.25. The Balaban J connectivity index is 1.66. The minimum absolute atomic E-state index is 0.119. The van der Waals surface area contributed by atoms with Crippen LogP contribution < -0.4 is 10.5 Å². The number of benzene rings is 2. The second-order valence-electron chi connectivity index (χ2n) is 6.23. The highest BCUT2D eigenvalue weighted by atomic mass is 19.1. The fourth-order valence-electron chi connectivity index (χ4n) is 3.47. The maximum atomic E-state index is 13.4. The molecule has 0 bridgehead atoms. The van der Waals surface area contributed by atoms with Gasteiger partial charge >= 0.3 is 0 Å². The molecule has 1 saturated heterocycles. The molecule has 1 atom stereocenters. The maximum Gasteiger partial charge on any atom is 0.260 e. The normalized spacial score (nSPS) is 17.5. The van der Waals surface area contributed by atoms with Crippen molar-refractivity contribution in [1.29, 1.82) is 0 Å². The van der Waals surface area contributed by atoms with Gasteiger partial charge in [-0.25, -0.2) is 9.37 Å². The number of nitrogens with one attached hydrogen (secondary N) is 1. The molecule has 122 valence electrons. The summed E-state index contributed by atoms with van der Waals surface area (Å²) in [6.07, 6.45) is 2.79. The molecule has 0 amide bonds. The summed E-state index contributed by atoms with van der Waals surface area (Å²) < 4.78 is 13.4. The van der Waals surface area contributed by atoms with Crippen molar-refractivity contribution in [3.63, 3.8) is 0 Å². The number of hydrogen-bond acceptors (Lipinski definition) is 3. The molecule has 24 heavy (non-hydrogen) atoms. The minimum Gasteiger partial charge on any atom is -0.339 e. The summed E-state index contributed by atoms with van der Waals surface area (Å²) in [6.45, 7) is 0.848. The first-order chi connectivity index (χ1) is 11.7. The van der Waals surface area contributed by atoms with Gasteiger partial charge in [0.25, 0.3) is 5.56 Å². The second-order valence-corrected chi connectivity index (χ2v) is 6.23. The second kappa shape index (κ2) is 6.07. The van der Waals surface area contributed by atoms with Gasteiger partial charge in [0, 0.05) is 12.6 Å². The molecule has 5 heteroatoms. The van der Waals surface area contributed by atoms with Gasteiger partial charge in [-0.15, -0.1) is 0 Å². The van der Waals surface area contributed by atoms with Gasteiger partial charge in [-0.05, 0) is 49.1 Å². The summed E-state index contributed by atoms with van der Waals surface area (Å²) >= 11 is 0. The zero-order valence-corrected chi connectivity index (χ0v) is 13.2. The predicted molar refractivity (Wildman–Crippen MR) is 92.8 cm³/mol. The van der Waals surface area contributed by atoms with E-state index in [1.54, 1.807) is 18.2 Å². The van der Waals surface area contributed by atoms with Gasteiger partial charge in [-0.3, -0.25) is 9.78 Å². The first kappa shape index (κ1) is 14.9. The van der Waals surface area contributed by atoms with E-state index in [4.69, 9.17) is 0 Å². The van der Waals surface area contributed by atoms with Crippen LogP contribution in [0.15, 0.2) is 53.3 Å². The Morgan fingerprint density at radius 1 is 1.21 bits per heavy atom. The van der Waals surface area contributed by atoms with E-state index in [1.165, 1.54) is 6.07 Å². The molecule has 1 N–H and O–H groups in total. The zero-order chi connectivity index (χ0) is 16.5. The zero-order valence-electron chi connectivity index (χ0n) is 13.2. The van der Waals surface area contributed by atoms with E-state index >= 15 is 0 Å². The van der Waals surface area contributed by atoms with Crippen LogP contribution in [-0.2, 0) is 6.42 Å². The van der Waals surface area contributed by atoms with Crippen molar-refractivity contribution in [2.75, 3.05) is 11.4 Å². The van der Waals surface area contributed by atoms with E-state index in [1.807, 2.05) is 24.3 Å². The molecule has 0 radical (unpaired) electrons. The summed E-state index contributed by atoms with van der Waals surface area (Å²) in [5.74, 6) is 0.395. The lowest BCUT2D eigenvalue weighted by Crippen LogP contribution is -2.33. The number of fused-ring (bicyclic) bond motifs is 1. The van der Waals surface area contributed by atoms with Gasteiger partial charge in [-0.2, -0.15) is 0 Å². The van der Waals surface area contributed by atoms with Crippen molar-refractivity contribution in [3.05, 3.63) is 70.3 Å². The Morgan fingerprint density at radius 3 is 2.96 bits per heavy atom. The molecular formula is C19H18FN3O. The smallest absolute Gasteiger partial charge is 0.260 e. The molecule has 4 nitrogen and oxygen atoms in total. The van der Waals surface area contributed by atoms with E-state index in [0.717, 1.165) is 31.4 Å². The Kier molecular flexibility index (Phi) is 3.76. The number of H-pyrrole nitrogens is 1. The summed E-state index contributed by atoms with van der Waals surface area (Å²) in [6, 6.07) is 14.3. The Morgan fingerprint density at radius 2 is 2.08 bits per heavy atom. The SMILES string of the molecule is O=c1[nH]c(N2CCCC2Cc2cccc(F)c2)nc2ccccc12. The number of halogens is 1. The van der Waals surface area contributed by atoms with Crippen LogP contribution in [0.4, 0.5) is 10.3 Å². The van der Waals surface area contributed by atoms with Crippen LogP contribution in [0.5, 0.6) is 0 Å². The van der Waals surface area contributed by atoms with Crippen molar-refractivity contribution >= 4 is 16.9 Å². The number of nitrogens with zero attached hydrogens (tertiary/aromatic N) is 2.